The van der Waals surface area contributed by atoms with Crippen LogP contribution in [0.4, 0.5) is 0 Å². The van der Waals surface area contributed by atoms with Gasteiger partial charge in [-0.05, 0) is 13.3 Å². The molecule has 0 unspecified atom stereocenters. The topological polar surface area (TPSA) is 55.6 Å². The lowest BCUT2D eigenvalue weighted by Gasteiger charge is -2.35. The van der Waals surface area contributed by atoms with E-state index in [9.17, 15) is 4.79 Å². The number of morpholine rings is 1. The first kappa shape index (κ1) is 12.0. The highest BCUT2D eigenvalue weighted by molar-refractivity contribution is 5.81. The van der Waals surface area contributed by atoms with Crippen LogP contribution in [-0.2, 0) is 9.53 Å². The molecule has 84 valence electrons. The molecule has 15 heavy (non-hydrogen) atoms. The number of rotatable bonds is 2. The van der Waals surface area contributed by atoms with E-state index in [1.165, 1.54) is 0 Å². The van der Waals surface area contributed by atoms with E-state index in [1.54, 1.807) is 4.90 Å². The fourth-order valence-electron chi connectivity index (χ4n) is 1.63. The summed E-state index contributed by atoms with van der Waals surface area (Å²) >= 11 is 0. The van der Waals surface area contributed by atoms with Gasteiger partial charge < -0.3 is 15.4 Å². The normalized spacial score (nSPS) is 28.3. The van der Waals surface area contributed by atoms with Crippen molar-refractivity contribution in [3.63, 3.8) is 0 Å². The van der Waals surface area contributed by atoms with Gasteiger partial charge in [0.05, 0.1) is 18.7 Å². The average Bonchev–Trinajstić information content (AvgIpc) is 2.26. The second-order valence-corrected chi connectivity index (χ2v) is 3.86. The molecule has 0 spiro atoms. The summed E-state index contributed by atoms with van der Waals surface area (Å²) in [5.41, 5.74) is 5.70. The van der Waals surface area contributed by atoms with E-state index >= 15 is 0 Å². The molecule has 3 atom stereocenters. The van der Waals surface area contributed by atoms with E-state index in [1.807, 2.05) is 13.8 Å². The van der Waals surface area contributed by atoms with Crippen LogP contribution in [0, 0.1) is 12.3 Å². The Labute approximate surface area is 90.8 Å². The Morgan fingerprint density at radius 2 is 2.40 bits per heavy atom. The fourth-order valence-corrected chi connectivity index (χ4v) is 1.63. The monoisotopic (exact) mass is 210 g/mol. The highest BCUT2D eigenvalue weighted by Crippen LogP contribution is 2.11. The molecule has 1 saturated heterocycles. The van der Waals surface area contributed by atoms with Crippen molar-refractivity contribution in [3.8, 4) is 12.3 Å². The Kier molecular flexibility index (Phi) is 4.13. The van der Waals surface area contributed by atoms with Crippen molar-refractivity contribution in [2.45, 2.75) is 38.5 Å². The SMILES string of the molecule is C#C[C@@H]1CN(C(=O)[C@@H](N)CC)C[C@H](C)O1. The van der Waals surface area contributed by atoms with Crippen molar-refractivity contribution >= 4 is 5.91 Å². The third-order valence-electron chi connectivity index (χ3n) is 2.51. The Bertz CT molecular complexity index is 272. The fraction of sp³-hybridized carbons (Fsp3) is 0.727. The lowest BCUT2D eigenvalue weighted by molar-refractivity contribution is -0.142. The highest BCUT2D eigenvalue weighted by atomic mass is 16.5. The molecular formula is C11H18N2O2. The molecule has 1 fully saturated rings. The minimum atomic E-state index is -0.422. The number of ether oxygens (including phenoxy) is 1. The highest BCUT2D eigenvalue weighted by Gasteiger charge is 2.29. The molecule has 4 nitrogen and oxygen atoms in total. The zero-order chi connectivity index (χ0) is 11.4. The standard InChI is InChI=1S/C11H18N2O2/c1-4-9-7-13(6-8(3)15-9)11(14)10(12)5-2/h1,8-10H,5-7,12H2,2-3H3/t8-,9+,10-/m0/s1. The maximum atomic E-state index is 11.8. The summed E-state index contributed by atoms with van der Waals surface area (Å²) in [6.45, 7) is 4.82. The van der Waals surface area contributed by atoms with Gasteiger partial charge in [0.15, 0.2) is 0 Å². The van der Waals surface area contributed by atoms with Gasteiger partial charge in [0, 0.05) is 6.54 Å². The predicted molar refractivity (Wildman–Crippen MR) is 58.0 cm³/mol. The quantitative estimate of drug-likeness (QED) is 0.651. The number of amides is 1. The van der Waals surface area contributed by atoms with Gasteiger partial charge in [0.1, 0.15) is 6.10 Å². The second kappa shape index (κ2) is 5.15. The lowest BCUT2D eigenvalue weighted by Crippen LogP contribution is -2.53. The number of carbonyl (C=O) groups is 1. The maximum Gasteiger partial charge on any atom is 0.239 e. The van der Waals surface area contributed by atoms with Crippen molar-refractivity contribution in [2.24, 2.45) is 5.73 Å². The first-order valence-corrected chi connectivity index (χ1v) is 5.24. The van der Waals surface area contributed by atoms with Crippen LogP contribution in [0.3, 0.4) is 0 Å². The number of hydrogen-bond donors (Lipinski definition) is 1. The lowest BCUT2D eigenvalue weighted by atomic mass is 10.1. The summed E-state index contributed by atoms with van der Waals surface area (Å²) in [6.07, 6.45) is 5.61. The molecule has 2 N–H and O–H groups in total. The van der Waals surface area contributed by atoms with E-state index < -0.39 is 6.04 Å². The van der Waals surface area contributed by atoms with Gasteiger partial charge in [-0.3, -0.25) is 4.79 Å². The van der Waals surface area contributed by atoms with Crippen molar-refractivity contribution in [3.05, 3.63) is 0 Å². The second-order valence-electron chi connectivity index (χ2n) is 3.86. The Morgan fingerprint density at radius 1 is 1.73 bits per heavy atom. The molecule has 1 aliphatic rings. The van der Waals surface area contributed by atoms with Crippen molar-refractivity contribution < 1.29 is 9.53 Å². The zero-order valence-corrected chi connectivity index (χ0v) is 9.27. The number of hydrogen-bond acceptors (Lipinski definition) is 3. The summed E-state index contributed by atoms with van der Waals surface area (Å²) in [7, 11) is 0. The van der Waals surface area contributed by atoms with Gasteiger partial charge in [0.25, 0.3) is 0 Å². The van der Waals surface area contributed by atoms with Crippen molar-refractivity contribution in [1.29, 1.82) is 0 Å². The van der Waals surface area contributed by atoms with Gasteiger partial charge in [0.2, 0.25) is 5.91 Å². The molecule has 1 heterocycles. The summed E-state index contributed by atoms with van der Waals surface area (Å²) in [5, 5.41) is 0. The smallest absolute Gasteiger partial charge is 0.239 e. The molecule has 0 saturated carbocycles. The minimum absolute atomic E-state index is 0.0205. The van der Waals surface area contributed by atoms with Gasteiger partial charge in [-0.25, -0.2) is 0 Å². The van der Waals surface area contributed by atoms with Crippen molar-refractivity contribution in [2.75, 3.05) is 13.1 Å². The molecule has 1 amide bonds. The Morgan fingerprint density at radius 3 is 2.93 bits per heavy atom. The van der Waals surface area contributed by atoms with Crippen LogP contribution in [0.1, 0.15) is 20.3 Å². The third-order valence-corrected chi connectivity index (χ3v) is 2.51. The van der Waals surface area contributed by atoms with Crippen molar-refractivity contribution in [1.82, 2.24) is 4.90 Å². The summed E-state index contributed by atoms with van der Waals surface area (Å²) in [6, 6.07) is -0.422. The van der Waals surface area contributed by atoms with Gasteiger partial charge in [-0.2, -0.15) is 0 Å². The van der Waals surface area contributed by atoms with E-state index in [2.05, 4.69) is 5.92 Å². The number of terminal acetylenes is 1. The molecule has 4 heteroatoms. The molecule has 0 aromatic heterocycles. The Hall–Kier alpha value is -1.05. The molecule has 0 bridgehead atoms. The largest absolute Gasteiger partial charge is 0.359 e. The molecule has 0 aromatic carbocycles. The first-order valence-electron chi connectivity index (χ1n) is 5.24. The van der Waals surface area contributed by atoms with Gasteiger partial charge in [-0.1, -0.05) is 12.8 Å². The molecule has 1 rings (SSSR count). The molecule has 1 aliphatic heterocycles. The Balaban J connectivity index is 2.62. The van der Waals surface area contributed by atoms with E-state index in [0.29, 0.717) is 19.5 Å². The average molecular weight is 210 g/mol. The third kappa shape index (κ3) is 2.95. The predicted octanol–water partition coefficient (Wildman–Crippen LogP) is -0.0272. The van der Waals surface area contributed by atoms with Crippen LogP contribution in [0.15, 0.2) is 0 Å². The van der Waals surface area contributed by atoms with Crippen LogP contribution < -0.4 is 5.73 Å². The maximum absolute atomic E-state index is 11.8. The first-order chi connectivity index (χ1) is 7.08. The van der Waals surface area contributed by atoms with Crippen LogP contribution in [-0.4, -0.2) is 42.1 Å². The zero-order valence-electron chi connectivity index (χ0n) is 9.27. The van der Waals surface area contributed by atoms with Gasteiger partial charge >= 0.3 is 0 Å². The summed E-state index contributed by atoms with van der Waals surface area (Å²) in [4.78, 5) is 13.5. The van der Waals surface area contributed by atoms with Gasteiger partial charge in [-0.15, -0.1) is 6.42 Å². The molecular weight excluding hydrogens is 192 g/mol. The minimum Gasteiger partial charge on any atom is -0.359 e. The van der Waals surface area contributed by atoms with E-state index in [0.717, 1.165) is 0 Å². The number of carbonyl (C=O) groups excluding carboxylic acids is 1. The van der Waals surface area contributed by atoms with Crippen LogP contribution in [0.5, 0.6) is 0 Å². The summed E-state index contributed by atoms with van der Waals surface area (Å²) in [5.74, 6) is 2.48. The number of nitrogens with two attached hydrogens (primary N) is 1. The molecule has 0 radical (unpaired) electrons. The van der Waals surface area contributed by atoms with Crippen LogP contribution >= 0.6 is 0 Å². The summed E-state index contributed by atoms with van der Waals surface area (Å²) < 4.78 is 5.46. The van der Waals surface area contributed by atoms with E-state index in [-0.39, 0.29) is 18.1 Å². The van der Waals surface area contributed by atoms with Crippen LogP contribution in [0.25, 0.3) is 0 Å². The number of nitrogens with zero attached hydrogens (tertiary/aromatic N) is 1. The van der Waals surface area contributed by atoms with E-state index in [4.69, 9.17) is 16.9 Å². The van der Waals surface area contributed by atoms with Crippen LogP contribution in [0.2, 0.25) is 0 Å². The molecule has 0 aliphatic carbocycles. The molecule has 0 aromatic rings.